The van der Waals surface area contributed by atoms with E-state index in [2.05, 4.69) is 13.2 Å². The van der Waals surface area contributed by atoms with E-state index in [1.807, 2.05) is 0 Å². The zero-order chi connectivity index (χ0) is 55.2. The molecule has 1 heterocycles. The molecule has 0 N–H and O–H groups in total. The van der Waals surface area contributed by atoms with Gasteiger partial charge in [0.15, 0.2) is 0 Å². The Kier molecular flexibility index (Phi) is 23.1. The van der Waals surface area contributed by atoms with Gasteiger partial charge in [-0.15, -0.1) is 0 Å². The van der Waals surface area contributed by atoms with Crippen molar-refractivity contribution in [3.63, 3.8) is 0 Å². The van der Waals surface area contributed by atoms with Crippen LogP contribution in [0.1, 0.15) is 53.4 Å². The van der Waals surface area contributed by atoms with Crippen LogP contribution in [0.4, 0.5) is 0 Å². The third-order valence-electron chi connectivity index (χ3n) is 10.8. The fraction of sp³-hybridized carbons (Fsp3) is 0.451. The van der Waals surface area contributed by atoms with Gasteiger partial charge in [0.2, 0.25) is 0 Å². The van der Waals surface area contributed by atoms with Crippen LogP contribution in [0.15, 0.2) is 110 Å². The van der Waals surface area contributed by atoms with E-state index in [1.165, 1.54) is 56.4 Å². The van der Waals surface area contributed by atoms with Gasteiger partial charge < -0.3 is 42.6 Å². The topological polar surface area (TPSA) is 303 Å². The monoisotopic (exact) mass is 1050 g/mol. The molecule has 0 spiro atoms. The number of nitrogens with zero attached hydrogens (tertiary/aromatic N) is 3. The van der Waals surface area contributed by atoms with Crippen LogP contribution in [0.3, 0.4) is 0 Å². The van der Waals surface area contributed by atoms with Crippen LogP contribution >= 0.6 is 0 Å². The molecular formula is C51H59N3O21. The standard InChI is InChI=1S/C51H59N3O21/c1-31(2)40(55)70-25-28-73-46(61)37-16-10-7-13-34(37)43(58)67-22-19-52-49(64)53(20-23-68-44(59)35-14-8-11-17-38(35)47(62)74-29-26-71-41(56)32(3)4)51(66)54(50(52)65)21-24-69-45(60)36-15-9-12-18-39(36)48(63)75-30-27-72-42(57)33(5)6/h9-10,12,14-18,33,36,39H,1,3,7-8,11,13,19-30H2,2,4-6H3. The lowest BCUT2D eigenvalue weighted by molar-refractivity contribution is -0.160. The van der Waals surface area contributed by atoms with Gasteiger partial charge in [-0.3, -0.25) is 14.4 Å². The minimum Gasteiger partial charge on any atom is -0.463 e. The lowest BCUT2D eigenvalue weighted by Crippen LogP contribution is -2.55. The number of hydrogen-bond acceptors (Lipinski definition) is 21. The first kappa shape index (κ1) is 59.1. The Hall–Kier alpha value is -8.44. The summed E-state index contributed by atoms with van der Waals surface area (Å²) in [5, 5.41) is 0. The molecule has 0 aliphatic heterocycles. The molecule has 75 heavy (non-hydrogen) atoms. The number of ether oxygens (including phenoxy) is 9. The van der Waals surface area contributed by atoms with E-state index in [1.54, 1.807) is 19.9 Å². The van der Waals surface area contributed by atoms with Gasteiger partial charge in [0, 0.05) is 11.1 Å². The van der Waals surface area contributed by atoms with Crippen LogP contribution in [0.25, 0.3) is 0 Å². The summed E-state index contributed by atoms with van der Waals surface area (Å²) in [6, 6.07) is 0. The molecule has 0 saturated heterocycles. The Morgan fingerprint density at radius 1 is 0.520 bits per heavy atom. The van der Waals surface area contributed by atoms with Gasteiger partial charge in [0.1, 0.15) is 59.5 Å². The summed E-state index contributed by atoms with van der Waals surface area (Å²) in [6.07, 6.45) is 12.7. The lowest BCUT2D eigenvalue weighted by atomic mass is 9.88. The van der Waals surface area contributed by atoms with E-state index in [0.717, 1.165) is 0 Å². The number of carbonyl (C=O) groups is 9. The Bertz CT molecular complexity index is 2790. The molecule has 0 fully saturated rings. The van der Waals surface area contributed by atoms with Gasteiger partial charge in [-0.1, -0.05) is 75.6 Å². The largest absolute Gasteiger partial charge is 0.463 e. The van der Waals surface area contributed by atoms with Crippen molar-refractivity contribution < 1.29 is 85.8 Å². The van der Waals surface area contributed by atoms with Gasteiger partial charge in [-0.05, 0) is 39.5 Å². The molecule has 0 saturated carbocycles. The number of esters is 9. The summed E-state index contributed by atoms with van der Waals surface area (Å²) < 4.78 is 48.2. The molecule has 4 rings (SSSR count). The van der Waals surface area contributed by atoms with Gasteiger partial charge in [-0.25, -0.2) is 56.9 Å². The highest BCUT2D eigenvalue weighted by atomic mass is 16.6. The molecule has 3 aliphatic carbocycles. The van der Waals surface area contributed by atoms with Crippen LogP contribution in [-0.2, 0) is 105 Å². The molecule has 0 aromatic carbocycles. The third kappa shape index (κ3) is 17.3. The second kappa shape index (κ2) is 29.3. The lowest BCUT2D eigenvalue weighted by Gasteiger charge is -2.21. The van der Waals surface area contributed by atoms with E-state index >= 15 is 0 Å². The summed E-state index contributed by atoms with van der Waals surface area (Å²) in [5.41, 5.74) is -3.97. The highest BCUT2D eigenvalue weighted by Crippen LogP contribution is 2.24. The van der Waals surface area contributed by atoms with Crippen molar-refractivity contribution in [3.05, 3.63) is 127 Å². The summed E-state index contributed by atoms with van der Waals surface area (Å²) in [6.45, 7) is 7.35. The maximum Gasteiger partial charge on any atom is 0.338 e. The number of carbonyl (C=O) groups excluding carboxylic acids is 9. The molecule has 0 radical (unpaired) electrons. The summed E-state index contributed by atoms with van der Waals surface area (Å²) >= 11 is 0. The first-order valence-electron chi connectivity index (χ1n) is 23.7. The van der Waals surface area contributed by atoms with Crippen LogP contribution in [0.5, 0.6) is 0 Å². The molecule has 0 amide bonds. The predicted molar refractivity (Wildman–Crippen MR) is 258 cm³/mol. The number of allylic oxidation sites excluding steroid dienone is 5. The maximum atomic E-state index is 13.9. The second-order valence-corrected chi connectivity index (χ2v) is 16.8. The highest BCUT2D eigenvalue weighted by Gasteiger charge is 2.34. The molecule has 24 nitrogen and oxygen atoms in total. The molecule has 2 unspecified atom stereocenters. The third-order valence-corrected chi connectivity index (χ3v) is 10.8. The van der Waals surface area contributed by atoms with Gasteiger partial charge in [0.05, 0.1) is 59.7 Å². The Morgan fingerprint density at radius 3 is 1.37 bits per heavy atom. The zero-order valence-corrected chi connectivity index (χ0v) is 42.0. The number of aromatic nitrogens is 3. The smallest absolute Gasteiger partial charge is 0.338 e. The normalized spacial score (nSPS) is 15.6. The molecule has 1 aromatic rings. The summed E-state index contributed by atoms with van der Waals surface area (Å²) in [5.74, 6) is -10.3. The van der Waals surface area contributed by atoms with Crippen LogP contribution < -0.4 is 17.1 Å². The van der Waals surface area contributed by atoms with E-state index in [-0.39, 0.29) is 79.5 Å². The Morgan fingerprint density at radius 2 is 0.907 bits per heavy atom. The minimum atomic E-state index is -1.23. The van der Waals surface area contributed by atoms with E-state index in [9.17, 15) is 57.5 Å². The highest BCUT2D eigenvalue weighted by molar-refractivity contribution is 6.07. The first-order chi connectivity index (χ1) is 35.7. The average Bonchev–Trinajstić information content (AvgIpc) is 3.39. The SMILES string of the molecule is C=C(C)C(=O)OCCOC(=O)C1=CCCC=C1C(=O)OCCn1c(=O)n(CCOC(=O)C2=C(C(=O)OCCOC(=O)C(=C)C)C=CCC2)c(=O)n(CCOC(=O)C2C=CC=CC2C(=O)OCCOC(=O)C(C)C)c1=O. The molecule has 0 bridgehead atoms. The van der Waals surface area contributed by atoms with Crippen molar-refractivity contribution in [2.24, 2.45) is 17.8 Å². The fourth-order valence-electron chi connectivity index (χ4n) is 6.89. The van der Waals surface area contributed by atoms with Crippen molar-refractivity contribution in [2.75, 3.05) is 59.5 Å². The van der Waals surface area contributed by atoms with Crippen LogP contribution in [-0.4, -0.2) is 127 Å². The van der Waals surface area contributed by atoms with Crippen LogP contribution in [0, 0.1) is 17.8 Å². The molecule has 3 aliphatic rings. The molecule has 2 atom stereocenters. The van der Waals surface area contributed by atoms with Gasteiger partial charge in [0.25, 0.3) is 0 Å². The van der Waals surface area contributed by atoms with Crippen molar-refractivity contribution in [3.8, 4) is 0 Å². The molecule has 404 valence electrons. The maximum absolute atomic E-state index is 13.9. The van der Waals surface area contributed by atoms with Gasteiger partial charge >= 0.3 is 70.8 Å². The van der Waals surface area contributed by atoms with E-state index in [0.29, 0.717) is 33.0 Å². The van der Waals surface area contributed by atoms with Crippen molar-refractivity contribution in [1.29, 1.82) is 0 Å². The fourth-order valence-corrected chi connectivity index (χ4v) is 6.89. The Balaban J connectivity index is 1.51. The molecule has 24 heteroatoms. The van der Waals surface area contributed by atoms with E-state index in [4.69, 9.17) is 42.6 Å². The van der Waals surface area contributed by atoms with Gasteiger partial charge in [-0.2, -0.15) is 0 Å². The van der Waals surface area contributed by atoms with Crippen molar-refractivity contribution in [1.82, 2.24) is 13.7 Å². The predicted octanol–water partition coefficient (Wildman–Crippen LogP) is 1.52. The number of rotatable bonds is 27. The number of hydrogen-bond donors (Lipinski definition) is 0. The van der Waals surface area contributed by atoms with E-state index < -0.39 is 128 Å². The van der Waals surface area contributed by atoms with Crippen LogP contribution in [0.2, 0.25) is 0 Å². The summed E-state index contributed by atoms with van der Waals surface area (Å²) in [4.78, 5) is 156. The first-order valence-corrected chi connectivity index (χ1v) is 23.7. The second-order valence-electron chi connectivity index (χ2n) is 16.8. The average molecular weight is 1050 g/mol. The summed E-state index contributed by atoms with van der Waals surface area (Å²) in [7, 11) is 0. The minimum absolute atomic E-state index is 0.0479. The molecule has 1 aromatic heterocycles. The molecular weight excluding hydrogens is 991 g/mol. The zero-order valence-electron chi connectivity index (χ0n) is 42.0. The van der Waals surface area contributed by atoms with Crippen molar-refractivity contribution >= 4 is 53.7 Å². The van der Waals surface area contributed by atoms with Crippen molar-refractivity contribution in [2.45, 2.75) is 73.0 Å². The Labute approximate surface area is 429 Å². The quantitative estimate of drug-likeness (QED) is 0.0522.